The van der Waals surface area contributed by atoms with E-state index in [1.165, 1.54) is 16.7 Å². The van der Waals surface area contributed by atoms with E-state index in [1.54, 1.807) is 7.11 Å². The van der Waals surface area contributed by atoms with Crippen LogP contribution in [0.15, 0.2) is 59.1 Å². The van der Waals surface area contributed by atoms with Gasteiger partial charge in [-0.1, -0.05) is 35.9 Å². The topological polar surface area (TPSA) is 30.5 Å². The fraction of sp³-hybridized carbons (Fsp3) is 0.250. The molecular formula is C24H26BrNO2. The van der Waals surface area contributed by atoms with Gasteiger partial charge in [-0.25, -0.2) is 0 Å². The zero-order valence-corrected chi connectivity index (χ0v) is 18.4. The van der Waals surface area contributed by atoms with E-state index in [0.717, 1.165) is 32.8 Å². The Morgan fingerprint density at radius 1 is 0.893 bits per heavy atom. The number of nitrogens with one attached hydrogen (secondary N) is 1. The Morgan fingerprint density at radius 2 is 1.71 bits per heavy atom. The van der Waals surface area contributed by atoms with Crippen LogP contribution in [0, 0.1) is 20.8 Å². The fourth-order valence-corrected chi connectivity index (χ4v) is 3.63. The summed E-state index contributed by atoms with van der Waals surface area (Å²) in [4.78, 5) is 0. The predicted molar refractivity (Wildman–Crippen MR) is 119 cm³/mol. The van der Waals surface area contributed by atoms with E-state index in [9.17, 15) is 0 Å². The third-order valence-corrected chi connectivity index (χ3v) is 5.35. The SMILES string of the molecule is COc1cc(CNc2ccc(C)c(C)c2)cc(Br)c1OCc1cccc(C)c1. The van der Waals surface area contributed by atoms with Crippen LogP contribution in [-0.4, -0.2) is 7.11 Å². The molecule has 0 amide bonds. The van der Waals surface area contributed by atoms with Gasteiger partial charge in [0, 0.05) is 12.2 Å². The number of ether oxygens (including phenoxy) is 2. The molecule has 0 aromatic heterocycles. The quantitative estimate of drug-likeness (QED) is 0.451. The van der Waals surface area contributed by atoms with Crippen LogP contribution in [0.1, 0.15) is 27.8 Å². The van der Waals surface area contributed by atoms with Gasteiger partial charge in [0.25, 0.3) is 0 Å². The molecule has 28 heavy (non-hydrogen) atoms. The van der Waals surface area contributed by atoms with E-state index in [-0.39, 0.29) is 0 Å². The van der Waals surface area contributed by atoms with Gasteiger partial charge in [-0.3, -0.25) is 0 Å². The summed E-state index contributed by atoms with van der Waals surface area (Å²) < 4.78 is 12.5. The van der Waals surface area contributed by atoms with Gasteiger partial charge in [0.05, 0.1) is 11.6 Å². The van der Waals surface area contributed by atoms with E-state index in [0.29, 0.717) is 13.2 Å². The Morgan fingerprint density at radius 3 is 2.43 bits per heavy atom. The molecule has 4 heteroatoms. The van der Waals surface area contributed by atoms with Gasteiger partial charge in [-0.15, -0.1) is 0 Å². The molecule has 146 valence electrons. The molecule has 0 fully saturated rings. The van der Waals surface area contributed by atoms with Gasteiger partial charge >= 0.3 is 0 Å². The molecule has 3 aromatic rings. The molecule has 0 aliphatic carbocycles. The van der Waals surface area contributed by atoms with Crippen molar-refractivity contribution >= 4 is 21.6 Å². The Bertz CT molecular complexity index is 969. The Balaban J connectivity index is 1.72. The summed E-state index contributed by atoms with van der Waals surface area (Å²) in [6.45, 7) is 7.53. The van der Waals surface area contributed by atoms with E-state index < -0.39 is 0 Å². The summed E-state index contributed by atoms with van der Waals surface area (Å²) in [6, 6.07) is 18.8. The molecule has 0 spiro atoms. The Hall–Kier alpha value is -2.46. The number of benzene rings is 3. The highest BCUT2D eigenvalue weighted by atomic mass is 79.9. The summed E-state index contributed by atoms with van der Waals surface area (Å²) >= 11 is 3.64. The molecule has 0 atom stereocenters. The molecule has 3 nitrogen and oxygen atoms in total. The standard InChI is InChI=1S/C24H26BrNO2/c1-16-6-5-7-19(10-16)15-28-24-22(25)12-20(13-23(24)27-4)14-26-21-9-8-17(2)18(3)11-21/h5-13,26H,14-15H2,1-4H3. The lowest BCUT2D eigenvalue weighted by Gasteiger charge is -2.15. The first kappa shape index (κ1) is 20.3. The third-order valence-electron chi connectivity index (χ3n) is 4.76. The van der Waals surface area contributed by atoms with Crippen molar-refractivity contribution < 1.29 is 9.47 Å². The van der Waals surface area contributed by atoms with Crippen LogP contribution in [0.5, 0.6) is 11.5 Å². The van der Waals surface area contributed by atoms with Crippen LogP contribution in [0.4, 0.5) is 5.69 Å². The van der Waals surface area contributed by atoms with Gasteiger partial charge in [-0.05, 0) is 83.2 Å². The van der Waals surface area contributed by atoms with Crippen molar-refractivity contribution in [2.75, 3.05) is 12.4 Å². The predicted octanol–water partition coefficient (Wildman–Crippen LogP) is 6.57. The molecule has 0 bridgehead atoms. The minimum absolute atomic E-state index is 0.497. The number of aryl methyl sites for hydroxylation is 3. The summed E-state index contributed by atoms with van der Waals surface area (Å²) in [7, 11) is 1.67. The second-order valence-electron chi connectivity index (χ2n) is 7.04. The smallest absolute Gasteiger partial charge is 0.175 e. The van der Waals surface area contributed by atoms with Crippen molar-refractivity contribution in [3.63, 3.8) is 0 Å². The minimum atomic E-state index is 0.497. The summed E-state index contributed by atoms with van der Waals surface area (Å²) in [6.07, 6.45) is 0. The highest BCUT2D eigenvalue weighted by Gasteiger charge is 2.12. The Labute approximate surface area is 175 Å². The largest absolute Gasteiger partial charge is 0.493 e. The monoisotopic (exact) mass is 439 g/mol. The van der Waals surface area contributed by atoms with Crippen LogP contribution >= 0.6 is 15.9 Å². The first-order valence-corrected chi connectivity index (χ1v) is 10.1. The van der Waals surface area contributed by atoms with E-state index in [4.69, 9.17) is 9.47 Å². The second-order valence-corrected chi connectivity index (χ2v) is 7.89. The maximum absolute atomic E-state index is 6.05. The maximum atomic E-state index is 6.05. The molecule has 3 aromatic carbocycles. The van der Waals surface area contributed by atoms with Crippen molar-refractivity contribution in [1.29, 1.82) is 0 Å². The van der Waals surface area contributed by atoms with Crippen molar-refractivity contribution in [2.24, 2.45) is 0 Å². The van der Waals surface area contributed by atoms with Crippen molar-refractivity contribution in [3.05, 3.63) is 86.9 Å². The molecule has 0 heterocycles. The normalized spacial score (nSPS) is 10.6. The average Bonchev–Trinajstić information content (AvgIpc) is 2.67. The van der Waals surface area contributed by atoms with Gasteiger partial charge in [0.15, 0.2) is 11.5 Å². The van der Waals surface area contributed by atoms with Crippen LogP contribution in [0.2, 0.25) is 0 Å². The molecule has 0 radical (unpaired) electrons. The van der Waals surface area contributed by atoms with Gasteiger partial charge in [0.1, 0.15) is 6.61 Å². The van der Waals surface area contributed by atoms with Crippen LogP contribution < -0.4 is 14.8 Å². The highest BCUT2D eigenvalue weighted by Crippen LogP contribution is 2.37. The highest BCUT2D eigenvalue weighted by molar-refractivity contribution is 9.10. The van der Waals surface area contributed by atoms with E-state index >= 15 is 0 Å². The molecular weight excluding hydrogens is 414 g/mol. The summed E-state index contributed by atoms with van der Waals surface area (Å²) in [5, 5.41) is 3.47. The van der Waals surface area contributed by atoms with Crippen LogP contribution in [-0.2, 0) is 13.2 Å². The van der Waals surface area contributed by atoms with Crippen LogP contribution in [0.3, 0.4) is 0 Å². The van der Waals surface area contributed by atoms with Crippen molar-refractivity contribution in [1.82, 2.24) is 0 Å². The number of hydrogen-bond donors (Lipinski definition) is 1. The van der Waals surface area contributed by atoms with Crippen molar-refractivity contribution in [2.45, 2.75) is 33.9 Å². The van der Waals surface area contributed by atoms with Crippen LogP contribution in [0.25, 0.3) is 0 Å². The molecule has 0 aliphatic heterocycles. The lowest BCUT2D eigenvalue weighted by Crippen LogP contribution is -2.03. The maximum Gasteiger partial charge on any atom is 0.175 e. The number of anilines is 1. The summed E-state index contributed by atoms with van der Waals surface area (Å²) in [5.41, 5.74) is 7.16. The van der Waals surface area contributed by atoms with Gasteiger partial charge < -0.3 is 14.8 Å². The van der Waals surface area contributed by atoms with E-state index in [2.05, 4.69) is 84.5 Å². The molecule has 3 rings (SSSR count). The fourth-order valence-electron chi connectivity index (χ4n) is 3.03. The lowest BCUT2D eigenvalue weighted by molar-refractivity contribution is 0.282. The van der Waals surface area contributed by atoms with E-state index in [1.807, 2.05) is 12.1 Å². The zero-order valence-electron chi connectivity index (χ0n) is 16.8. The molecule has 0 saturated carbocycles. The van der Waals surface area contributed by atoms with Crippen molar-refractivity contribution in [3.8, 4) is 11.5 Å². The molecule has 0 aliphatic rings. The minimum Gasteiger partial charge on any atom is -0.493 e. The molecule has 0 unspecified atom stereocenters. The number of methoxy groups -OCH3 is 1. The molecule has 1 N–H and O–H groups in total. The Kier molecular flexibility index (Phi) is 6.63. The first-order chi connectivity index (χ1) is 13.5. The number of rotatable bonds is 7. The van der Waals surface area contributed by atoms with Gasteiger partial charge in [0.2, 0.25) is 0 Å². The average molecular weight is 440 g/mol. The second kappa shape index (κ2) is 9.16. The first-order valence-electron chi connectivity index (χ1n) is 9.32. The third kappa shape index (κ3) is 5.08. The lowest BCUT2D eigenvalue weighted by atomic mass is 10.1. The number of hydrogen-bond acceptors (Lipinski definition) is 3. The number of halogens is 1. The van der Waals surface area contributed by atoms with Gasteiger partial charge in [-0.2, -0.15) is 0 Å². The summed E-state index contributed by atoms with van der Waals surface area (Å²) in [5.74, 6) is 1.44. The molecule has 0 saturated heterocycles. The zero-order chi connectivity index (χ0) is 20.1.